The molecule has 0 aliphatic carbocycles. The number of nitrogens with zero attached hydrogens (tertiary/aromatic N) is 2. The molecule has 152 valence electrons. The summed E-state index contributed by atoms with van der Waals surface area (Å²) < 4.78 is 29.7. The van der Waals surface area contributed by atoms with E-state index in [1.165, 1.54) is 6.26 Å². The number of aromatic nitrogens is 1. The normalized spacial score (nSPS) is 15.4. The van der Waals surface area contributed by atoms with E-state index >= 15 is 0 Å². The van der Waals surface area contributed by atoms with Gasteiger partial charge in [-0.3, -0.25) is 0 Å². The number of rotatable bonds is 5. The molecule has 3 aromatic rings. The summed E-state index contributed by atoms with van der Waals surface area (Å²) in [5.41, 5.74) is 2.77. The van der Waals surface area contributed by atoms with E-state index in [1.807, 2.05) is 36.4 Å². The summed E-state index contributed by atoms with van der Waals surface area (Å²) in [6.07, 6.45) is 3.18. The van der Waals surface area contributed by atoms with Gasteiger partial charge in [0.15, 0.2) is 9.84 Å². The lowest BCUT2D eigenvalue weighted by molar-refractivity contribution is 0.416. The first-order chi connectivity index (χ1) is 14.0. The number of ether oxygens (including phenoxy) is 1. The Morgan fingerprint density at radius 2 is 1.76 bits per heavy atom. The maximum atomic E-state index is 12.1. The smallest absolute Gasteiger partial charge is 0.177 e. The van der Waals surface area contributed by atoms with Crippen molar-refractivity contribution in [3.63, 3.8) is 0 Å². The Labute approximate surface area is 175 Å². The summed E-state index contributed by atoms with van der Waals surface area (Å²) in [4.78, 5) is 7.48. The highest BCUT2D eigenvalue weighted by molar-refractivity contribution is 7.90. The molecule has 0 unspecified atom stereocenters. The minimum absolute atomic E-state index is 0.394. The van der Waals surface area contributed by atoms with Crippen molar-refractivity contribution in [2.45, 2.75) is 23.7 Å². The molecule has 1 aromatic heterocycles. The summed E-state index contributed by atoms with van der Waals surface area (Å²) >= 11 is 1.69. The molecule has 1 aliphatic rings. The largest absolute Gasteiger partial charge is 0.496 e. The van der Waals surface area contributed by atoms with E-state index < -0.39 is 9.84 Å². The highest BCUT2D eigenvalue weighted by atomic mass is 32.2. The third-order valence-corrected chi connectivity index (χ3v) is 7.51. The highest BCUT2D eigenvalue weighted by Crippen LogP contribution is 2.37. The van der Waals surface area contributed by atoms with Crippen molar-refractivity contribution >= 4 is 26.9 Å². The third-order valence-electron chi connectivity index (χ3n) is 5.35. The molecule has 29 heavy (non-hydrogen) atoms. The number of thiazole rings is 1. The van der Waals surface area contributed by atoms with Crippen molar-refractivity contribution in [3.8, 4) is 17.0 Å². The van der Waals surface area contributed by atoms with Gasteiger partial charge in [-0.05, 0) is 37.1 Å². The van der Waals surface area contributed by atoms with Gasteiger partial charge in [0.1, 0.15) is 5.75 Å². The second-order valence-electron chi connectivity index (χ2n) is 7.27. The number of hydrogen-bond donors (Lipinski definition) is 0. The Bertz CT molecular complexity index is 1100. The highest BCUT2D eigenvalue weighted by Gasteiger charge is 2.26. The lowest BCUT2D eigenvalue weighted by Crippen LogP contribution is -2.33. The van der Waals surface area contributed by atoms with E-state index in [0.717, 1.165) is 53.6 Å². The predicted octanol–water partition coefficient (Wildman–Crippen LogP) is 4.61. The summed E-state index contributed by atoms with van der Waals surface area (Å²) in [5.74, 6) is 1.22. The molecule has 0 atom stereocenters. The summed E-state index contributed by atoms with van der Waals surface area (Å²) in [7, 11) is -1.57. The molecule has 0 radical (unpaired) electrons. The van der Waals surface area contributed by atoms with Crippen LogP contribution in [0.25, 0.3) is 11.3 Å². The standard InChI is InChI=1S/C22H24N2O3S2/c1-27-20-9-5-3-7-17(20)18-15-28-22(23-18)16-11-13-24(14-12-16)19-8-4-6-10-21(19)29(2,25)26/h3-10,15-16H,11-14H2,1-2H3. The second-order valence-corrected chi connectivity index (χ2v) is 10.1. The van der Waals surface area contributed by atoms with Crippen LogP contribution in [0.5, 0.6) is 5.75 Å². The average molecular weight is 429 g/mol. The Hall–Kier alpha value is -2.38. The molecular formula is C22H24N2O3S2. The topological polar surface area (TPSA) is 59.5 Å². The average Bonchev–Trinajstić information content (AvgIpc) is 3.23. The van der Waals surface area contributed by atoms with E-state index in [4.69, 9.17) is 9.72 Å². The minimum atomic E-state index is -3.25. The van der Waals surface area contributed by atoms with Crippen LogP contribution in [-0.2, 0) is 9.84 Å². The first-order valence-electron chi connectivity index (χ1n) is 9.60. The third kappa shape index (κ3) is 4.16. The van der Waals surface area contributed by atoms with Crippen LogP contribution < -0.4 is 9.64 Å². The molecule has 0 saturated carbocycles. The van der Waals surface area contributed by atoms with Crippen LogP contribution in [0.15, 0.2) is 58.8 Å². The molecule has 1 fully saturated rings. The number of para-hydroxylation sites is 2. The van der Waals surface area contributed by atoms with E-state index in [1.54, 1.807) is 30.6 Å². The minimum Gasteiger partial charge on any atom is -0.496 e. The molecule has 4 rings (SSSR count). The number of methoxy groups -OCH3 is 1. The van der Waals surface area contributed by atoms with Gasteiger partial charge in [-0.1, -0.05) is 24.3 Å². The van der Waals surface area contributed by atoms with Crippen molar-refractivity contribution in [3.05, 3.63) is 58.9 Å². The van der Waals surface area contributed by atoms with Gasteiger partial charge in [0.05, 0.1) is 28.4 Å². The zero-order valence-corrected chi connectivity index (χ0v) is 18.2. The molecule has 0 amide bonds. The number of anilines is 1. The van der Waals surface area contributed by atoms with Crippen LogP contribution in [0.2, 0.25) is 0 Å². The molecule has 5 nitrogen and oxygen atoms in total. The molecule has 0 spiro atoms. The van der Waals surface area contributed by atoms with Gasteiger partial charge in [0.25, 0.3) is 0 Å². The van der Waals surface area contributed by atoms with Gasteiger partial charge >= 0.3 is 0 Å². The molecule has 0 N–H and O–H groups in total. The fraction of sp³-hybridized carbons (Fsp3) is 0.318. The van der Waals surface area contributed by atoms with E-state index in [0.29, 0.717) is 10.8 Å². The monoisotopic (exact) mass is 428 g/mol. The Balaban J connectivity index is 1.50. The van der Waals surface area contributed by atoms with Gasteiger partial charge in [0.2, 0.25) is 0 Å². The number of piperidine rings is 1. The van der Waals surface area contributed by atoms with Crippen LogP contribution in [-0.4, -0.2) is 39.9 Å². The van der Waals surface area contributed by atoms with E-state index in [-0.39, 0.29) is 0 Å². The van der Waals surface area contributed by atoms with Crippen LogP contribution in [0.1, 0.15) is 23.8 Å². The van der Waals surface area contributed by atoms with E-state index in [2.05, 4.69) is 10.3 Å². The van der Waals surface area contributed by atoms with E-state index in [9.17, 15) is 8.42 Å². The van der Waals surface area contributed by atoms with Crippen molar-refractivity contribution in [2.24, 2.45) is 0 Å². The predicted molar refractivity (Wildman–Crippen MR) is 118 cm³/mol. The van der Waals surface area contributed by atoms with Crippen molar-refractivity contribution in [1.82, 2.24) is 4.98 Å². The Kier molecular flexibility index (Phi) is 5.61. The molecular weight excluding hydrogens is 404 g/mol. The molecule has 1 aliphatic heterocycles. The second kappa shape index (κ2) is 8.16. The molecule has 0 bridgehead atoms. The zero-order valence-electron chi connectivity index (χ0n) is 16.5. The van der Waals surface area contributed by atoms with Gasteiger partial charge in [-0.2, -0.15) is 0 Å². The zero-order chi connectivity index (χ0) is 20.4. The first-order valence-corrected chi connectivity index (χ1v) is 12.4. The van der Waals surface area contributed by atoms with Crippen molar-refractivity contribution in [1.29, 1.82) is 0 Å². The SMILES string of the molecule is COc1ccccc1-c1csc(C2CCN(c3ccccc3S(C)(=O)=O)CC2)n1. The first kappa shape index (κ1) is 19.9. The molecule has 2 heterocycles. The number of benzene rings is 2. The van der Waals surface area contributed by atoms with Crippen LogP contribution in [0.3, 0.4) is 0 Å². The number of sulfone groups is 1. The Morgan fingerprint density at radius 3 is 2.48 bits per heavy atom. The van der Waals surface area contributed by atoms with Gasteiger partial charge in [-0.25, -0.2) is 13.4 Å². The maximum Gasteiger partial charge on any atom is 0.177 e. The van der Waals surface area contributed by atoms with Crippen LogP contribution in [0.4, 0.5) is 5.69 Å². The van der Waals surface area contributed by atoms with Gasteiger partial charge in [-0.15, -0.1) is 11.3 Å². The van der Waals surface area contributed by atoms with Crippen LogP contribution in [0, 0.1) is 0 Å². The lowest BCUT2D eigenvalue weighted by Gasteiger charge is -2.33. The fourth-order valence-corrected chi connectivity index (χ4v) is 5.75. The summed E-state index contributed by atoms with van der Waals surface area (Å²) in [6.45, 7) is 1.64. The fourth-order valence-electron chi connectivity index (χ4n) is 3.85. The van der Waals surface area contributed by atoms with Crippen LogP contribution >= 0.6 is 11.3 Å². The molecule has 1 saturated heterocycles. The quantitative estimate of drug-likeness (QED) is 0.594. The maximum absolute atomic E-state index is 12.1. The summed E-state index contributed by atoms with van der Waals surface area (Å²) in [5, 5.41) is 3.24. The Morgan fingerprint density at radius 1 is 1.07 bits per heavy atom. The summed E-state index contributed by atoms with van der Waals surface area (Å²) in [6, 6.07) is 15.2. The molecule has 7 heteroatoms. The lowest BCUT2D eigenvalue weighted by atomic mass is 9.97. The molecule has 2 aromatic carbocycles. The number of hydrogen-bond acceptors (Lipinski definition) is 6. The van der Waals surface area contributed by atoms with Gasteiger partial charge < -0.3 is 9.64 Å². The van der Waals surface area contributed by atoms with Crippen molar-refractivity contribution in [2.75, 3.05) is 31.4 Å². The van der Waals surface area contributed by atoms with Crippen molar-refractivity contribution < 1.29 is 13.2 Å². The van der Waals surface area contributed by atoms with Gasteiger partial charge in [0, 0.05) is 36.2 Å².